The van der Waals surface area contributed by atoms with E-state index in [0.29, 0.717) is 23.3 Å². The second-order valence-electron chi connectivity index (χ2n) is 7.23. The summed E-state index contributed by atoms with van der Waals surface area (Å²) in [5.74, 6) is -1.93. The number of rotatable bonds is 6. The van der Waals surface area contributed by atoms with Crippen LogP contribution in [-0.4, -0.2) is 6.61 Å². The molecule has 1 nitrogen and oxygen atoms in total. The average molecular weight is 430 g/mol. The minimum absolute atomic E-state index is 0.200. The van der Waals surface area contributed by atoms with Crippen molar-refractivity contribution in [1.29, 1.82) is 0 Å². The lowest BCUT2D eigenvalue weighted by Crippen LogP contribution is -1.94. The van der Waals surface area contributed by atoms with E-state index in [1.54, 1.807) is 85.8 Å². The number of hydrogen-bond acceptors (Lipinski definition) is 1. The van der Waals surface area contributed by atoms with E-state index in [-0.39, 0.29) is 16.9 Å². The van der Waals surface area contributed by atoms with Gasteiger partial charge in [-0.2, -0.15) is 0 Å². The van der Waals surface area contributed by atoms with Gasteiger partial charge < -0.3 is 4.74 Å². The predicted molar refractivity (Wildman–Crippen MR) is 124 cm³/mol. The summed E-state index contributed by atoms with van der Waals surface area (Å²) in [6.07, 6.45) is 3.61. The van der Waals surface area contributed by atoms with Crippen molar-refractivity contribution in [3.63, 3.8) is 0 Å². The Morgan fingerprint density at radius 3 is 1.81 bits per heavy atom. The highest BCUT2D eigenvalue weighted by atomic mass is 19.2. The third-order valence-electron chi connectivity index (χ3n) is 5.11. The molecule has 160 valence electrons. The maximum atomic E-state index is 14.8. The molecule has 0 aromatic heterocycles. The van der Waals surface area contributed by atoms with Crippen molar-refractivity contribution in [3.8, 4) is 28.0 Å². The highest BCUT2D eigenvalue weighted by Crippen LogP contribution is 2.31. The topological polar surface area (TPSA) is 9.23 Å². The Morgan fingerprint density at radius 1 is 0.656 bits per heavy atom. The van der Waals surface area contributed by atoms with Crippen LogP contribution in [0.15, 0.2) is 84.9 Å². The van der Waals surface area contributed by atoms with Crippen LogP contribution in [0.25, 0.3) is 34.4 Å². The lowest BCUT2D eigenvalue weighted by Gasteiger charge is -2.09. The normalized spacial score (nSPS) is 11.1. The molecular weight excluding hydrogens is 409 g/mol. The van der Waals surface area contributed by atoms with E-state index in [9.17, 15) is 13.2 Å². The fraction of sp³-hybridized carbons (Fsp3) is 0.0714. The minimum Gasteiger partial charge on any atom is -0.491 e. The number of hydrogen-bond donors (Lipinski definition) is 0. The van der Waals surface area contributed by atoms with Crippen LogP contribution in [0.4, 0.5) is 13.2 Å². The molecule has 4 aromatic rings. The van der Waals surface area contributed by atoms with Gasteiger partial charge in [-0.1, -0.05) is 84.9 Å². The van der Waals surface area contributed by atoms with Gasteiger partial charge in [0.25, 0.3) is 0 Å². The lowest BCUT2D eigenvalue weighted by molar-refractivity contribution is 0.321. The first-order valence-corrected chi connectivity index (χ1v) is 10.3. The summed E-state index contributed by atoms with van der Waals surface area (Å²) in [6.45, 7) is 2.20. The molecule has 0 fully saturated rings. The summed E-state index contributed by atoms with van der Waals surface area (Å²) in [5.41, 5.74) is 3.18. The van der Waals surface area contributed by atoms with E-state index >= 15 is 0 Å². The minimum atomic E-state index is -0.875. The van der Waals surface area contributed by atoms with Gasteiger partial charge in [0.1, 0.15) is 0 Å². The van der Waals surface area contributed by atoms with Gasteiger partial charge in [0.05, 0.1) is 6.61 Å². The van der Waals surface area contributed by atoms with Gasteiger partial charge in [-0.05, 0) is 41.3 Å². The zero-order chi connectivity index (χ0) is 22.5. The Hall–Kier alpha value is -3.79. The van der Waals surface area contributed by atoms with E-state index in [2.05, 4.69) is 0 Å². The van der Waals surface area contributed by atoms with Crippen molar-refractivity contribution in [3.05, 3.63) is 114 Å². The molecule has 0 bridgehead atoms. The largest absolute Gasteiger partial charge is 0.491 e. The monoisotopic (exact) mass is 430 g/mol. The second-order valence-corrected chi connectivity index (χ2v) is 7.23. The van der Waals surface area contributed by atoms with E-state index < -0.39 is 17.5 Å². The van der Waals surface area contributed by atoms with Crippen molar-refractivity contribution in [2.75, 3.05) is 6.61 Å². The Bertz CT molecular complexity index is 1250. The molecule has 0 spiro atoms. The van der Waals surface area contributed by atoms with Gasteiger partial charge in [-0.15, -0.1) is 0 Å². The fourth-order valence-corrected chi connectivity index (χ4v) is 3.47. The van der Waals surface area contributed by atoms with Gasteiger partial charge >= 0.3 is 0 Å². The predicted octanol–water partition coefficient (Wildman–Crippen LogP) is 8.01. The zero-order valence-corrected chi connectivity index (χ0v) is 17.5. The van der Waals surface area contributed by atoms with Crippen LogP contribution in [0, 0.1) is 17.5 Å². The first kappa shape index (κ1) is 21.4. The molecule has 0 atom stereocenters. The maximum absolute atomic E-state index is 14.8. The molecule has 4 heteroatoms. The smallest absolute Gasteiger partial charge is 0.167 e. The number of halogens is 3. The van der Waals surface area contributed by atoms with E-state index in [4.69, 9.17) is 4.74 Å². The zero-order valence-electron chi connectivity index (χ0n) is 17.5. The van der Waals surface area contributed by atoms with Crippen LogP contribution >= 0.6 is 0 Å². The molecule has 0 N–H and O–H groups in total. The van der Waals surface area contributed by atoms with Crippen molar-refractivity contribution >= 4 is 12.2 Å². The van der Waals surface area contributed by atoms with Gasteiger partial charge in [-0.3, -0.25) is 0 Å². The van der Waals surface area contributed by atoms with Crippen molar-refractivity contribution < 1.29 is 17.9 Å². The Kier molecular flexibility index (Phi) is 6.41. The van der Waals surface area contributed by atoms with E-state index in [0.717, 1.165) is 5.56 Å². The molecule has 0 unspecified atom stereocenters. The second kappa shape index (κ2) is 9.56. The molecular formula is C28H21F3O. The molecule has 0 radical (unpaired) electrons. The Labute approximate surface area is 185 Å². The van der Waals surface area contributed by atoms with Crippen LogP contribution in [0.1, 0.15) is 18.1 Å². The molecule has 0 aliphatic carbocycles. The van der Waals surface area contributed by atoms with Crippen molar-refractivity contribution in [2.24, 2.45) is 0 Å². The van der Waals surface area contributed by atoms with Crippen molar-refractivity contribution in [2.45, 2.75) is 6.92 Å². The summed E-state index contributed by atoms with van der Waals surface area (Å²) < 4.78 is 48.7. The molecule has 0 amide bonds. The molecule has 4 rings (SSSR count). The maximum Gasteiger partial charge on any atom is 0.167 e. The van der Waals surface area contributed by atoms with Crippen LogP contribution in [0.3, 0.4) is 0 Å². The van der Waals surface area contributed by atoms with Gasteiger partial charge in [0.15, 0.2) is 23.2 Å². The van der Waals surface area contributed by atoms with E-state index in [1.165, 1.54) is 6.07 Å². The Balaban J connectivity index is 1.54. The fourth-order valence-electron chi connectivity index (χ4n) is 3.47. The average Bonchev–Trinajstić information content (AvgIpc) is 2.82. The summed E-state index contributed by atoms with van der Waals surface area (Å²) >= 11 is 0. The molecule has 0 aliphatic heterocycles. The first-order chi connectivity index (χ1) is 15.6. The molecule has 4 aromatic carbocycles. The summed E-state index contributed by atoms with van der Waals surface area (Å²) in [7, 11) is 0. The van der Waals surface area contributed by atoms with Gasteiger partial charge in [-0.25, -0.2) is 13.2 Å². The summed E-state index contributed by atoms with van der Waals surface area (Å²) in [5, 5.41) is 0. The molecule has 0 aliphatic rings. The Morgan fingerprint density at radius 2 is 1.22 bits per heavy atom. The summed E-state index contributed by atoms with van der Waals surface area (Å²) in [4.78, 5) is 0. The molecule has 0 heterocycles. The highest BCUT2D eigenvalue weighted by molar-refractivity contribution is 5.74. The molecule has 0 saturated heterocycles. The van der Waals surface area contributed by atoms with E-state index in [1.807, 2.05) is 12.1 Å². The third-order valence-corrected chi connectivity index (χ3v) is 5.11. The van der Waals surface area contributed by atoms with Gasteiger partial charge in [0.2, 0.25) is 0 Å². The highest BCUT2D eigenvalue weighted by Gasteiger charge is 2.15. The van der Waals surface area contributed by atoms with Crippen LogP contribution < -0.4 is 4.74 Å². The molecule has 0 saturated carbocycles. The SMILES string of the molecule is CCOc1ccc(/C=C/c2ccc(-c3ccc(-c4ccccc4)c(F)c3F)cc2)cc1F. The first-order valence-electron chi connectivity index (χ1n) is 10.3. The van der Waals surface area contributed by atoms with Crippen LogP contribution in [-0.2, 0) is 0 Å². The standard InChI is InChI=1S/C28H21F3O/c1-2-32-26-17-12-20(18-25(26)29)9-8-19-10-13-22(14-11-19)24-16-15-23(27(30)28(24)31)21-6-4-3-5-7-21/h3-18H,2H2,1H3/b9-8+. The molecule has 32 heavy (non-hydrogen) atoms. The number of ether oxygens (including phenoxy) is 1. The quantitative estimate of drug-likeness (QED) is 0.282. The third kappa shape index (κ3) is 4.59. The van der Waals surface area contributed by atoms with Crippen LogP contribution in [0.5, 0.6) is 5.75 Å². The van der Waals surface area contributed by atoms with Crippen molar-refractivity contribution in [1.82, 2.24) is 0 Å². The van der Waals surface area contributed by atoms with Gasteiger partial charge in [0, 0.05) is 11.1 Å². The lowest BCUT2D eigenvalue weighted by atomic mass is 9.98. The number of benzene rings is 4. The summed E-state index contributed by atoms with van der Waals surface area (Å²) in [6, 6.07) is 23.9. The van der Waals surface area contributed by atoms with Crippen LogP contribution in [0.2, 0.25) is 0 Å².